The Bertz CT molecular complexity index is 1490. The second kappa shape index (κ2) is 10.4. The molecule has 0 aromatic heterocycles. The third-order valence-electron chi connectivity index (χ3n) is 8.35. The van der Waals surface area contributed by atoms with Crippen molar-refractivity contribution in [2.45, 2.75) is 44.0 Å². The van der Waals surface area contributed by atoms with E-state index < -0.39 is 5.92 Å². The Balaban J connectivity index is 1.10. The molecule has 1 saturated heterocycles. The number of carbonyl (C=O) groups excluding carboxylic acids is 3. The molecule has 3 aromatic carbocycles. The molecule has 2 amide bonds. The number of aryl methyl sites for hydroxylation is 1. The van der Waals surface area contributed by atoms with E-state index in [-0.39, 0.29) is 46.5 Å². The van der Waals surface area contributed by atoms with Crippen LogP contribution in [0.3, 0.4) is 0 Å². The first-order valence-corrected chi connectivity index (χ1v) is 14.6. The van der Waals surface area contributed by atoms with Gasteiger partial charge in [-0.1, -0.05) is 48.0 Å². The molecule has 3 aliphatic rings. The number of benzene rings is 3. The quantitative estimate of drug-likeness (QED) is 0.232. The molecule has 1 aliphatic heterocycles. The zero-order valence-electron chi connectivity index (χ0n) is 22.5. The van der Waals surface area contributed by atoms with Crippen molar-refractivity contribution in [3.8, 4) is 11.5 Å². The molecular weight excluding hydrogens is 572 g/mol. The van der Waals surface area contributed by atoms with Crippen LogP contribution in [0.1, 0.15) is 47.7 Å². The van der Waals surface area contributed by atoms with Crippen LogP contribution < -0.4 is 15.4 Å². The molecule has 3 fully saturated rings. The minimum atomic E-state index is -0.435. The average molecular weight is 604 g/mol. The van der Waals surface area contributed by atoms with E-state index in [0.29, 0.717) is 28.6 Å². The number of alkyl halides is 1. The third kappa shape index (κ3) is 4.79. The number of nitrogens with one attached hydrogen (secondary N) is 2. The van der Waals surface area contributed by atoms with E-state index in [9.17, 15) is 14.4 Å². The molecule has 2 N–H and O–H groups in total. The summed E-state index contributed by atoms with van der Waals surface area (Å²) < 4.78 is 11.7. The molecule has 1 heterocycles. The minimum Gasteiger partial charge on any atom is -0.461 e. The van der Waals surface area contributed by atoms with E-state index in [1.807, 2.05) is 25.1 Å². The van der Waals surface area contributed by atoms with E-state index in [4.69, 9.17) is 9.47 Å². The van der Waals surface area contributed by atoms with Gasteiger partial charge in [-0.15, -0.1) is 0 Å². The third-order valence-corrected chi connectivity index (χ3v) is 9.55. The van der Waals surface area contributed by atoms with Gasteiger partial charge in [0.1, 0.15) is 17.6 Å². The van der Waals surface area contributed by atoms with E-state index >= 15 is 0 Å². The summed E-state index contributed by atoms with van der Waals surface area (Å²) in [6.07, 6.45) is 0.685. The van der Waals surface area contributed by atoms with Gasteiger partial charge in [0, 0.05) is 22.9 Å². The Morgan fingerprint density at radius 1 is 0.975 bits per heavy atom. The fourth-order valence-electron chi connectivity index (χ4n) is 6.44. The van der Waals surface area contributed by atoms with Crippen molar-refractivity contribution in [1.29, 1.82) is 0 Å². The number of hydrogen-bond donors (Lipinski definition) is 2. The van der Waals surface area contributed by atoms with Gasteiger partial charge in [0.15, 0.2) is 0 Å². The summed E-state index contributed by atoms with van der Waals surface area (Å²) in [7, 11) is 0. The number of amides is 2. The van der Waals surface area contributed by atoms with E-state index in [1.54, 1.807) is 36.4 Å². The Kier molecular flexibility index (Phi) is 6.90. The zero-order chi connectivity index (χ0) is 28.1. The topological polar surface area (TPSA) is 93.7 Å². The average Bonchev–Trinajstić information content (AvgIpc) is 3.54. The SMILES string of the molecule is Cc1ccc(C(C)C)c(Oc2ccc(NC(=O)c3cccc(NC(=O)[C@@H]4[C@H]5C[C@H]6[C@H](OC(=O)[C@H]64)[C@H]5Br)c3)cc2)c1. The van der Waals surface area contributed by atoms with Gasteiger partial charge in [0.2, 0.25) is 5.91 Å². The molecule has 6 atom stereocenters. The van der Waals surface area contributed by atoms with Gasteiger partial charge in [-0.3, -0.25) is 14.4 Å². The maximum absolute atomic E-state index is 13.2. The molecule has 40 heavy (non-hydrogen) atoms. The highest BCUT2D eigenvalue weighted by molar-refractivity contribution is 9.09. The lowest BCUT2D eigenvalue weighted by atomic mass is 9.79. The molecule has 6 rings (SSSR count). The fraction of sp³-hybridized carbons (Fsp3) is 0.344. The summed E-state index contributed by atoms with van der Waals surface area (Å²) in [4.78, 5) is 38.7. The lowest BCUT2D eigenvalue weighted by Crippen LogP contribution is -2.40. The van der Waals surface area contributed by atoms with Crippen LogP contribution in [0, 0.1) is 30.6 Å². The van der Waals surface area contributed by atoms with Gasteiger partial charge >= 0.3 is 5.97 Å². The second-order valence-corrected chi connectivity index (χ2v) is 12.4. The smallest absolute Gasteiger partial charge is 0.310 e. The maximum atomic E-state index is 13.2. The van der Waals surface area contributed by atoms with Crippen molar-refractivity contribution < 1.29 is 23.9 Å². The van der Waals surface area contributed by atoms with Crippen LogP contribution in [-0.2, 0) is 14.3 Å². The number of anilines is 2. The largest absolute Gasteiger partial charge is 0.461 e. The monoisotopic (exact) mass is 602 g/mol. The van der Waals surface area contributed by atoms with Crippen LogP contribution in [0.5, 0.6) is 11.5 Å². The molecule has 2 aliphatic carbocycles. The van der Waals surface area contributed by atoms with Crippen LogP contribution in [0.2, 0.25) is 0 Å². The molecular formula is C32H31BrN2O5. The van der Waals surface area contributed by atoms with Gasteiger partial charge in [-0.2, -0.15) is 0 Å². The Morgan fingerprint density at radius 2 is 1.75 bits per heavy atom. The van der Waals surface area contributed by atoms with Crippen molar-refractivity contribution in [3.63, 3.8) is 0 Å². The summed E-state index contributed by atoms with van der Waals surface area (Å²) in [5.74, 6) is 0.397. The normalized spacial score (nSPS) is 26.1. The molecule has 0 unspecified atom stereocenters. The Labute approximate surface area is 241 Å². The number of fused-ring (bicyclic) bond motifs is 1. The number of ether oxygens (including phenoxy) is 2. The van der Waals surface area contributed by atoms with Crippen molar-refractivity contribution in [1.82, 2.24) is 0 Å². The van der Waals surface area contributed by atoms with E-state index in [0.717, 1.165) is 23.3 Å². The van der Waals surface area contributed by atoms with Gasteiger partial charge < -0.3 is 20.1 Å². The van der Waals surface area contributed by atoms with Gasteiger partial charge in [-0.25, -0.2) is 0 Å². The van der Waals surface area contributed by atoms with Crippen LogP contribution >= 0.6 is 15.9 Å². The maximum Gasteiger partial charge on any atom is 0.310 e. The van der Waals surface area contributed by atoms with Crippen LogP contribution in [0.25, 0.3) is 0 Å². The summed E-state index contributed by atoms with van der Waals surface area (Å²) in [5, 5.41) is 5.84. The number of carbonyl (C=O) groups is 3. The highest BCUT2D eigenvalue weighted by atomic mass is 79.9. The zero-order valence-corrected chi connectivity index (χ0v) is 24.1. The van der Waals surface area contributed by atoms with Crippen molar-refractivity contribution in [2.24, 2.45) is 23.7 Å². The predicted octanol–water partition coefficient (Wildman–Crippen LogP) is 6.67. The molecule has 206 valence electrons. The first-order chi connectivity index (χ1) is 19.2. The van der Waals surface area contributed by atoms with Crippen LogP contribution in [0.15, 0.2) is 66.7 Å². The number of esters is 1. The first-order valence-electron chi connectivity index (χ1n) is 13.6. The molecule has 2 bridgehead atoms. The summed E-state index contributed by atoms with van der Waals surface area (Å²) in [6, 6.07) is 20.2. The van der Waals surface area contributed by atoms with Gasteiger partial charge in [-0.05, 0) is 84.8 Å². The van der Waals surface area contributed by atoms with Crippen molar-refractivity contribution in [2.75, 3.05) is 10.6 Å². The molecule has 7 nitrogen and oxygen atoms in total. The lowest BCUT2D eigenvalue weighted by molar-refractivity contribution is -0.145. The highest BCUT2D eigenvalue weighted by Gasteiger charge is 2.67. The van der Waals surface area contributed by atoms with Crippen molar-refractivity contribution >= 4 is 45.1 Å². The Hall–Kier alpha value is -3.65. The minimum absolute atomic E-state index is 0.00100. The molecule has 0 spiro atoms. The Morgan fingerprint density at radius 3 is 2.50 bits per heavy atom. The fourth-order valence-corrected chi connectivity index (χ4v) is 7.48. The molecule has 0 radical (unpaired) electrons. The first kappa shape index (κ1) is 26.6. The summed E-state index contributed by atoms with van der Waals surface area (Å²) >= 11 is 3.65. The van der Waals surface area contributed by atoms with E-state index in [1.165, 1.54) is 0 Å². The van der Waals surface area contributed by atoms with E-state index in [2.05, 4.69) is 52.5 Å². The second-order valence-electron chi connectivity index (χ2n) is 11.3. The predicted molar refractivity (Wildman–Crippen MR) is 156 cm³/mol. The molecule has 2 saturated carbocycles. The molecule has 3 aromatic rings. The summed E-state index contributed by atoms with van der Waals surface area (Å²) in [5.41, 5.74) is 3.80. The summed E-state index contributed by atoms with van der Waals surface area (Å²) in [6.45, 7) is 6.30. The number of hydrogen-bond acceptors (Lipinski definition) is 5. The number of halogens is 1. The van der Waals surface area contributed by atoms with Crippen LogP contribution in [0.4, 0.5) is 11.4 Å². The molecule has 8 heteroatoms. The van der Waals surface area contributed by atoms with Crippen molar-refractivity contribution in [3.05, 3.63) is 83.4 Å². The number of rotatable bonds is 7. The van der Waals surface area contributed by atoms with Gasteiger partial charge in [0.05, 0.1) is 16.7 Å². The lowest BCUT2D eigenvalue weighted by Gasteiger charge is -2.27. The van der Waals surface area contributed by atoms with Crippen LogP contribution in [-0.4, -0.2) is 28.7 Å². The van der Waals surface area contributed by atoms with Gasteiger partial charge in [0.25, 0.3) is 5.91 Å². The highest BCUT2D eigenvalue weighted by Crippen LogP contribution is 2.60. The standard InChI is InChI=1S/C32H31BrN2O5/c1-16(2)22-12-7-17(3)13-25(22)39-21-10-8-19(9-11-21)34-30(36)18-5-4-6-20(14-18)35-31(37)26-23-15-24-27(26)32(38)40-29(24)28(23)33/h4-14,16,23-24,26-29H,15H2,1-3H3,(H,34,36)(H,35,37)/t23-,24-,26-,27-,28+,29+/m1/s1.